The zero-order chi connectivity index (χ0) is 15.3. The molecule has 0 saturated carbocycles. The lowest BCUT2D eigenvalue weighted by Crippen LogP contribution is -2.14. The molecule has 0 heterocycles. The predicted molar refractivity (Wildman–Crippen MR) is 85.0 cm³/mol. The van der Waals surface area contributed by atoms with Crippen molar-refractivity contribution in [2.45, 2.75) is 19.8 Å². The fourth-order valence-electron chi connectivity index (χ4n) is 1.74. The average Bonchev–Trinajstić information content (AvgIpc) is 2.40. The lowest BCUT2D eigenvalue weighted by Gasteiger charge is -2.14. The number of nitrogen functional groups attached to an aromatic ring is 2. The van der Waals surface area contributed by atoms with Crippen molar-refractivity contribution in [3.8, 4) is 0 Å². The summed E-state index contributed by atoms with van der Waals surface area (Å²) in [6, 6.07) is 1.13. The van der Waals surface area contributed by atoms with Gasteiger partial charge in [0.15, 0.2) is 0 Å². The van der Waals surface area contributed by atoms with Crippen molar-refractivity contribution in [3.63, 3.8) is 0 Å². The molecule has 0 aliphatic heterocycles. The first-order valence-electron chi connectivity index (χ1n) is 6.23. The number of hydrogen-bond donors (Lipinski definition) is 4. The minimum absolute atomic E-state index is 0.0866. The van der Waals surface area contributed by atoms with Gasteiger partial charge in [-0.1, -0.05) is 23.2 Å². The zero-order valence-corrected chi connectivity index (χ0v) is 12.8. The maximum Gasteiger partial charge on any atom is 0.134 e. The van der Waals surface area contributed by atoms with Gasteiger partial charge in [-0.05, 0) is 37.9 Å². The molecule has 7 N–H and O–H groups in total. The van der Waals surface area contributed by atoms with E-state index in [9.17, 15) is 4.39 Å². The Morgan fingerprint density at radius 1 is 1.30 bits per heavy atom. The Balaban J connectivity index is 3.01. The van der Waals surface area contributed by atoms with E-state index >= 15 is 0 Å². The second kappa shape index (κ2) is 7.57. The van der Waals surface area contributed by atoms with Crippen molar-refractivity contribution in [2.75, 3.05) is 24.6 Å². The number of benzene rings is 1. The predicted octanol–water partition coefficient (Wildman–Crippen LogP) is 2.90. The van der Waals surface area contributed by atoms with E-state index in [1.165, 1.54) is 0 Å². The van der Waals surface area contributed by atoms with Gasteiger partial charge >= 0.3 is 0 Å². The van der Waals surface area contributed by atoms with Crippen LogP contribution in [0.3, 0.4) is 0 Å². The van der Waals surface area contributed by atoms with Crippen molar-refractivity contribution in [3.05, 3.63) is 27.6 Å². The highest BCUT2D eigenvalue weighted by Crippen LogP contribution is 2.36. The summed E-state index contributed by atoms with van der Waals surface area (Å²) in [5, 5.41) is 3.41. The number of allylic oxidation sites excluding steroid dienone is 1. The summed E-state index contributed by atoms with van der Waals surface area (Å²) in [6.45, 7) is 2.94. The zero-order valence-electron chi connectivity index (χ0n) is 11.3. The van der Waals surface area contributed by atoms with Gasteiger partial charge in [-0.3, -0.25) is 0 Å². The minimum Gasteiger partial charge on any atom is -0.396 e. The summed E-state index contributed by atoms with van der Waals surface area (Å²) in [5.41, 5.74) is 17.8. The molecule has 0 spiro atoms. The second-order valence-corrected chi connectivity index (χ2v) is 5.19. The van der Waals surface area contributed by atoms with E-state index in [4.69, 9.17) is 40.4 Å². The Labute approximate surface area is 128 Å². The van der Waals surface area contributed by atoms with Crippen molar-refractivity contribution < 1.29 is 4.39 Å². The van der Waals surface area contributed by atoms with Crippen molar-refractivity contribution >= 4 is 40.1 Å². The molecule has 20 heavy (non-hydrogen) atoms. The number of hydrogen-bond acceptors (Lipinski definition) is 4. The summed E-state index contributed by atoms with van der Waals surface area (Å²) >= 11 is 11.9. The number of nitrogens with one attached hydrogen (secondary N) is 1. The lowest BCUT2D eigenvalue weighted by atomic mass is 10.0. The molecule has 0 fully saturated rings. The Hall–Kier alpha value is -1.17. The van der Waals surface area contributed by atoms with E-state index in [0.717, 1.165) is 18.9 Å². The quantitative estimate of drug-likeness (QED) is 0.368. The summed E-state index contributed by atoms with van der Waals surface area (Å²) < 4.78 is 14.0. The van der Waals surface area contributed by atoms with Gasteiger partial charge in [-0.25, -0.2) is 4.39 Å². The molecular formula is C13H19Cl2FN4. The molecule has 112 valence electrons. The van der Waals surface area contributed by atoms with Gasteiger partial charge in [-0.15, -0.1) is 0 Å². The number of rotatable bonds is 6. The normalized spacial score (nSPS) is 12.2. The van der Waals surface area contributed by atoms with E-state index in [2.05, 4.69) is 5.32 Å². The van der Waals surface area contributed by atoms with Crippen LogP contribution in [0.4, 0.5) is 15.8 Å². The smallest absolute Gasteiger partial charge is 0.134 e. The highest BCUT2D eigenvalue weighted by molar-refractivity contribution is 6.34. The highest BCUT2D eigenvalue weighted by Gasteiger charge is 2.16. The van der Waals surface area contributed by atoms with E-state index in [1.54, 1.807) is 6.92 Å². The van der Waals surface area contributed by atoms with E-state index in [1.807, 2.05) is 0 Å². The maximum absolute atomic E-state index is 14.0. The monoisotopic (exact) mass is 320 g/mol. The molecule has 0 aliphatic rings. The van der Waals surface area contributed by atoms with Crippen LogP contribution in [0.25, 0.3) is 5.57 Å². The summed E-state index contributed by atoms with van der Waals surface area (Å²) in [5.74, 6) is -0.555. The molecule has 0 aromatic heterocycles. The number of nitrogens with two attached hydrogens (primary N) is 3. The van der Waals surface area contributed by atoms with Gasteiger partial charge in [0.2, 0.25) is 0 Å². The molecule has 4 nitrogen and oxygen atoms in total. The molecule has 0 unspecified atom stereocenters. The number of unbranched alkanes of at least 4 members (excludes halogenated alkanes) is 1. The van der Waals surface area contributed by atoms with Gasteiger partial charge in [0.25, 0.3) is 0 Å². The largest absolute Gasteiger partial charge is 0.396 e. The van der Waals surface area contributed by atoms with Crippen LogP contribution in [0.2, 0.25) is 5.02 Å². The van der Waals surface area contributed by atoms with Gasteiger partial charge in [0.05, 0.1) is 16.4 Å². The van der Waals surface area contributed by atoms with Crippen LogP contribution in [0.5, 0.6) is 0 Å². The SMILES string of the molecule is C/C(=C(/Cl)NCCCCN)c1c(F)cc(Cl)c(N)c1N. The highest BCUT2D eigenvalue weighted by atomic mass is 35.5. The molecule has 1 aromatic carbocycles. The Bertz CT molecular complexity index is 518. The van der Waals surface area contributed by atoms with Gasteiger partial charge in [0.1, 0.15) is 11.0 Å². The molecular weight excluding hydrogens is 302 g/mol. The molecule has 0 radical (unpaired) electrons. The Morgan fingerprint density at radius 3 is 2.55 bits per heavy atom. The van der Waals surface area contributed by atoms with Gasteiger partial charge in [0, 0.05) is 12.1 Å². The third-order valence-corrected chi connectivity index (χ3v) is 3.65. The van der Waals surface area contributed by atoms with Crippen LogP contribution in [0.15, 0.2) is 11.2 Å². The molecule has 0 aliphatic carbocycles. The first kappa shape index (κ1) is 16.9. The molecule has 7 heteroatoms. The summed E-state index contributed by atoms with van der Waals surface area (Å²) in [4.78, 5) is 0. The Morgan fingerprint density at radius 2 is 1.95 bits per heavy atom. The summed E-state index contributed by atoms with van der Waals surface area (Å²) in [6.07, 6.45) is 1.77. The van der Waals surface area contributed by atoms with Crippen LogP contribution in [0.1, 0.15) is 25.3 Å². The van der Waals surface area contributed by atoms with E-state index < -0.39 is 5.82 Å². The molecule has 1 rings (SSSR count). The third-order valence-electron chi connectivity index (χ3n) is 2.92. The summed E-state index contributed by atoms with van der Waals surface area (Å²) in [7, 11) is 0. The van der Waals surface area contributed by atoms with Crippen molar-refractivity contribution in [2.24, 2.45) is 5.73 Å². The van der Waals surface area contributed by atoms with Crippen molar-refractivity contribution in [1.29, 1.82) is 0 Å². The number of halogens is 3. The second-order valence-electron chi connectivity index (χ2n) is 4.40. The maximum atomic E-state index is 14.0. The van der Waals surface area contributed by atoms with Crippen LogP contribution in [-0.2, 0) is 0 Å². The van der Waals surface area contributed by atoms with Crippen LogP contribution >= 0.6 is 23.2 Å². The van der Waals surface area contributed by atoms with Gasteiger partial charge < -0.3 is 22.5 Å². The molecule has 0 amide bonds. The van der Waals surface area contributed by atoms with Crippen molar-refractivity contribution in [1.82, 2.24) is 5.32 Å². The van der Waals surface area contributed by atoms with Crippen LogP contribution in [0, 0.1) is 5.82 Å². The van der Waals surface area contributed by atoms with E-state index in [-0.39, 0.29) is 22.0 Å². The topological polar surface area (TPSA) is 90.1 Å². The minimum atomic E-state index is -0.555. The van der Waals surface area contributed by atoms with Gasteiger partial charge in [-0.2, -0.15) is 0 Å². The molecule has 0 saturated heterocycles. The fraction of sp³-hybridized carbons (Fsp3) is 0.385. The molecule has 1 aromatic rings. The third kappa shape index (κ3) is 3.91. The Kier molecular flexibility index (Phi) is 6.39. The standard InChI is InChI=1S/C13H19Cl2FN4/c1-7(13(15)20-5-3-2-4-17)10-9(16)6-8(14)11(18)12(10)19/h6,20H,2-5,17-19H2,1H3/b13-7+. The first-order chi connectivity index (χ1) is 9.40. The van der Waals surface area contributed by atoms with Crippen LogP contribution in [-0.4, -0.2) is 13.1 Å². The molecule has 0 bridgehead atoms. The fourth-order valence-corrected chi connectivity index (χ4v) is 2.13. The van der Waals surface area contributed by atoms with Crippen LogP contribution < -0.4 is 22.5 Å². The first-order valence-corrected chi connectivity index (χ1v) is 6.99. The average molecular weight is 321 g/mol. The van der Waals surface area contributed by atoms with E-state index in [0.29, 0.717) is 23.8 Å². The lowest BCUT2D eigenvalue weighted by molar-refractivity contribution is 0.624. The number of anilines is 2. The molecule has 0 atom stereocenters.